The topological polar surface area (TPSA) is 73.9 Å². The molecule has 6 heteroatoms. The number of esters is 1. The third-order valence-electron chi connectivity index (χ3n) is 3.95. The average Bonchev–Trinajstić information content (AvgIpc) is 2.81. The molecule has 1 saturated carbocycles. The van der Waals surface area contributed by atoms with Gasteiger partial charge in [-0.25, -0.2) is 9.59 Å². The second kappa shape index (κ2) is 5.50. The van der Waals surface area contributed by atoms with Crippen LogP contribution in [0.25, 0.3) is 0 Å². The summed E-state index contributed by atoms with van der Waals surface area (Å²) in [5.74, 6) is -0.0160. The van der Waals surface area contributed by atoms with E-state index in [-0.39, 0.29) is 17.8 Å². The minimum atomic E-state index is -0.643. The van der Waals surface area contributed by atoms with Crippen LogP contribution < -0.4 is 5.32 Å². The van der Waals surface area contributed by atoms with Crippen LogP contribution in [0.1, 0.15) is 19.8 Å². The first-order valence-electron chi connectivity index (χ1n) is 6.40. The molecule has 106 valence electrons. The number of alkyl carbamates (subject to hydrolysis) is 1. The molecule has 6 nitrogen and oxygen atoms in total. The van der Waals surface area contributed by atoms with Crippen LogP contribution in [-0.2, 0) is 19.0 Å². The molecule has 1 aliphatic heterocycles. The number of hydrogen-bond donors (Lipinski definition) is 1. The fraction of sp³-hybridized carbons (Fsp3) is 0.692. The molecule has 2 rings (SSSR count). The first-order chi connectivity index (χ1) is 9.08. The summed E-state index contributed by atoms with van der Waals surface area (Å²) >= 11 is 0. The van der Waals surface area contributed by atoms with Gasteiger partial charge in [0.1, 0.15) is 0 Å². The molecule has 0 aromatic carbocycles. The van der Waals surface area contributed by atoms with Gasteiger partial charge in [0.05, 0.1) is 18.9 Å². The molecule has 0 aromatic rings. The maximum absolute atomic E-state index is 11.7. The molecule has 1 heterocycles. The molecular formula is C13H19NO5. The second-order valence-electron chi connectivity index (χ2n) is 4.96. The predicted molar refractivity (Wildman–Crippen MR) is 65.9 cm³/mol. The second-order valence-corrected chi connectivity index (χ2v) is 4.96. The van der Waals surface area contributed by atoms with Gasteiger partial charge in [0.15, 0.2) is 0 Å². The molecule has 4 atom stereocenters. The first-order valence-corrected chi connectivity index (χ1v) is 6.40. The largest absolute Gasteiger partial charge is 0.466 e. The van der Waals surface area contributed by atoms with Crippen molar-refractivity contribution in [2.45, 2.75) is 26.1 Å². The minimum Gasteiger partial charge on any atom is -0.466 e. The molecule has 0 aromatic heterocycles. The third kappa shape index (κ3) is 2.52. The number of hydrogen-bond acceptors (Lipinski definition) is 5. The van der Waals surface area contributed by atoms with Gasteiger partial charge in [0.2, 0.25) is 6.29 Å². The van der Waals surface area contributed by atoms with Crippen LogP contribution in [0.3, 0.4) is 0 Å². The summed E-state index contributed by atoms with van der Waals surface area (Å²) in [4.78, 5) is 23.0. The summed E-state index contributed by atoms with van der Waals surface area (Å²) in [7, 11) is 2.85. The van der Waals surface area contributed by atoms with E-state index in [1.807, 2.05) is 0 Å². The number of amides is 1. The highest BCUT2D eigenvalue weighted by atomic mass is 16.7. The van der Waals surface area contributed by atoms with E-state index in [1.54, 1.807) is 0 Å². The van der Waals surface area contributed by atoms with Crippen LogP contribution in [0, 0.1) is 17.8 Å². The number of carbonyl (C=O) groups excluding carboxylic acids is 2. The molecular weight excluding hydrogens is 250 g/mol. The van der Waals surface area contributed by atoms with E-state index in [0.29, 0.717) is 11.5 Å². The lowest BCUT2D eigenvalue weighted by Gasteiger charge is -2.34. The fourth-order valence-corrected chi connectivity index (χ4v) is 2.95. The van der Waals surface area contributed by atoms with Gasteiger partial charge in [-0.1, -0.05) is 6.92 Å². The SMILES string of the molecule is CNC(=O)OC1OC=C(C(=O)OC)C2CCC(C)C12. The van der Waals surface area contributed by atoms with Gasteiger partial charge >= 0.3 is 12.1 Å². The van der Waals surface area contributed by atoms with Gasteiger partial charge in [0.25, 0.3) is 0 Å². The molecule has 1 aliphatic carbocycles. The normalized spacial score (nSPS) is 32.7. The number of methoxy groups -OCH3 is 1. The Morgan fingerprint density at radius 1 is 1.42 bits per heavy atom. The van der Waals surface area contributed by atoms with Crippen molar-refractivity contribution in [2.75, 3.05) is 14.2 Å². The van der Waals surface area contributed by atoms with E-state index >= 15 is 0 Å². The maximum atomic E-state index is 11.7. The Morgan fingerprint density at radius 3 is 2.79 bits per heavy atom. The Hall–Kier alpha value is -1.72. The summed E-state index contributed by atoms with van der Waals surface area (Å²) in [5, 5.41) is 2.40. The van der Waals surface area contributed by atoms with E-state index in [2.05, 4.69) is 12.2 Å². The summed E-state index contributed by atoms with van der Waals surface area (Å²) in [5.41, 5.74) is 0.536. The van der Waals surface area contributed by atoms with Crippen molar-refractivity contribution in [1.82, 2.24) is 5.32 Å². The summed E-state index contributed by atoms with van der Waals surface area (Å²) in [6.07, 6.45) is 2.05. The zero-order chi connectivity index (χ0) is 14.0. The lowest BCUT2D eigenvalue weighted by molar-refractivity contribution is -0.145. The van der Waals surface area contributed by atoms with E-state index in [1.165, 1.54) is 20.4 Å². The van der Waals surface area contributed by atoms with Crippen LogP contribution in [0.5, 0.6) is 0 Å². The smallest absolute Gasteiger partial charge is 0.409 e. The Morgan fingerprint density at radius 2 is 2.16 bits per heavy atom. The van der Waals surface area contributed by atoms with Crippen molar-refractivity contribution >= 4 is 12.1 Å². The Bertz CT molecular complexity index is 406. The van der Waals surface area contributed by atoms with Crippen molar-refractivity contribution in [3.05, 3.63) is 11.8 Å². The molecule has 2 aliphatic rings. The quantitative estimate of drug-likeness (QED) is 0.767. The Labute approximate surface area is 112 Å². The van der Waals surface area contributed by atoms with E-state index in [9.17, 15) is 9.59 Å². The first kappa shape index (κ1) is 13.7. The maximum Gasteiger partial charge on any atom is 0.409 e. The fourth-order valence-electron chi connectivity index (χ4n) is 2.95. The molecule has 0 saturated heterocycles. The van der Waals surface area contributed by atoms with E-state index < -0.39 is 12.4 Å². The lowest BCUT2D eigenvalue weighted by atomic mass is 9.83. The van der Waals surface area contributed by atoms with Crippen molar-refractivity contribution in [3.8, 4) is 0 Å². The standard InChI is InChI=1S/C13H19NO5/c1-7-4-5-8-9(11(15)17-3)6-18-12(10(7)8)19-13(16)14-2/h6-8,10,12H,4-5H2,1-3H3,(H,14,16). The van der Waals surface area contributed by atoms with Crippen molar-refractivity contribution in [2.24, 2.45) is 17.8 Å². The number of carbonyl (C=O) groups is 2. The van der Waals surface area contributed by atoms with Crippen molar-refractivity contribution in [1.29, 1.82) is 0 Å². The molecule has 1 fully saturated rings. The van der Waals surface area contributed by atoms with Crippen LogP contribution >= 0.6 is 0 Å². The van der Waals surface area contributed by atoms with Crippen LogP contribution in [-0.4, -0.2) is 32.5 Å². The molecule has 4 unspecified atom stereocenters. The molecule has 0 spiro atoms. The van der Waals surface area contributed by atoms with Gasteiger partial charge < -0.3 is 19.5 Å². The van der Waals surface area contributed by atoms with Gasteiger partial charge in [-0.05, 0) is 18.8 Å². The summed E-state index contributed by atoms with van der Waals surface area (Å²) < 4.78 is 15.4. The molecule has 19 heavy (non-hydrogen) atoms. The summed E-state index contributed by atoms with van der Waals surface area (Å²) in [6, 6.07) is 0. The highest BCUT2D eigenvalue weighted by Gasteiger charge is 2.47. The molecule has 1 amide bonds. The summed E-state index contributed by atoms with van der Waals surface area (Å²) in [6.45, 7) is 2.08. The third-order valence-corrected chi connectivity index (χ3v) is 3.95. The molecule has 0 bridgehead atoms. The number of ether oxygens (including phenoxy) is 3. The molecule has 1 N–H and O–H groups in total. The highest BCUT2D eigenvalue weighted by molar-refractivity contribution is 5.89. The van der Waals surface area contributed by atoms with E-state index in [0.717, 1.165) is 12.8 Å². The minimum absolute atomic E-state index is 0.00333. The Kier molecular flexibility index (Phi) is 3.97. The Balaban J connectivity index is 2.19. The van der Waals surface area contributed by atoms with Gasteiger partial charge in [-0.15, -0.1) is 0 Å². The van der Waals surface area contributed by atoms with Crippen LogP contribution in [0.4, 0.5) is 4.79 Å². The van der Waals surface area contributed by atoms with Gasteiger partial charge in [-0.3, -0.25) is 0 Å². The molecule has 0 radical (unpaired) electrons. The predicted octanol–water partition coefficient (Wildman–Crippen LogP) is 1.42. The lowest BCUT2D eigenvalue weighted by Crippen LogP contribution is -2.40. The highest BCUT2D eigenvalue weighted by Crippen LogP contribution is 2.46. The number of rotatable bonds is 2. The van der Waals surface area contributed by atoms with Gasteiger partial charge in [0, 0.05) is 18.9 Å². The number of nitrogens with one attached hydrogen (secondary N) is 1. The van der Waals surface area contributed by atoms with E-state index in [4.69, 9.17) is 14.2 Å². The average molecular weight is 269 g/mol. The van der Waals surface area contributed by atoms with Crippen molar-refractivity contribution < 1.29 is 23.8 Å². The number of fused-ring (bicyclic) bond motifs is 1. The monoisotopic (exact) mass is 269 g/mol. The zero-order valence-corrected chi connectivity index (χ0v) is 11.3. The van der Waals surface area contributed by atoms with Gasteiger partial charge in [-0.2, -0.15) is 0 Å². The van der Waals surface area contributed by atoms with Crippen LogP contribution in [0.2, 0.25) is 0 Å². The zero-order valence-electron chi connectivity index (χ0n) is 11.3. The van der Waals surface area contributed by atoms with Crippen LogP contribution in [0.15, 0.2) is 11.8 Å². The van der Waals surface area contributed by atoms with Crippen molar-refractivity contribution in [3.63, 3.8) is 0 Å².